The van der Waals surface area contributed by atoms with Gasteiger partial charge in [0.2, 0.25) is 5.91 Å². The number of aromatic carboxylic acids is 1. The van der Waals surface area contributed by atoms with Crippen molar-refractivity contribution >= 4 is 17.8 Å². The zero-order valence-electron chi connectivity index (χ0n) is 12.2. The Morgan fingerprint density at radius 3 is 2.55 bits per heavy atom. The summed E-state index contributed by atoms with van der Waals surface area (Å²) in [6.07, 6.45) is 1.20. The van der Waals surface area contributed by atoms with E-state index in [4.69, 9.17) is 9.84 Å². The minimum absolute atomic E-state index is 0.0421. The van der Waals surface area contributed by atoms with Gasteiger partial charge in [-0.15, -0.1) is 0 Å². The van der Waals surface area contributed by atoms with Crippen LogP contribution in [-0.4, -0.2) is 77.6 Å². The minimum atomic E-state index is -1.16. The molecule has 0 unspecified atom stereocenters. The van der Waals surface area contributed by atoms with Gasteiger partial charge in [-0.3, -0.25) is 9.59 Å². The van der Waals surface area contributed by atoms with E-state index in [-0.39, 0.29) is 29.6 Å². The Kier molecular flexibility index (Phi) is 5.05. The van der Waals surface area contributed by atoms with Gasteiger partial charge in [0, 0.05) is 26.3 Å². The summed E-state index contributed by atoms with van der Waals surface area (Å²) in [5.74, 6) is -1.69. The number of ether oxygens (including phenoxy) is 1. The molecule has 22 heavy (non-hydrogen) atoms. The molecule has 0 aliphatic carbocycles. The number of pyridine rings is 1. The largest absolute Gasteiger partial charge is 0.477 e. The predicted molar refractivity (Wildman–Crippen MR) is 75.6 cm³/mol. The summed E-state index contributed by atoms with van der Waals surface area (Å²) < 4.78 is 5.17. The van der Waals surface area contributed by atoms with Gasteiger partial charge in [-0.25, -0.2) is 9.78 Å². The average Bonchev–Trinajstić information content (AvgIpc) is 2.55. The van der Waals surface area contributed by atoms with Crippen LogP contribution in [0.1, 0.15) is 20.8 Å². The molecule has 2 heterocycles. The third-order valence-electron chi connectivity index (χ3n) is 3.31. The molecule has 1 aliphatic heterocycles. The fourth-order valence-corrected chi connectivity index (χ4v) is 2.05. The molecule has 1 N–H and O–H groups in total. The van der Waals surface area contributed by atoms with Crippen molar-refractivity contribution in [2.45, 2.75) is 0 Å². The number of carboxylic acids is 1. The quantitative estimate of drug-likeness (QED) is 0.820. The monoisotopic (exact) mass is 307 g/mol. The van der Waals surface area contributed by atoms with Crippen LogP contribution in [0.15, 0.2) is 18.3 Å². The highest BCUT2D eigenvalue weighted by molar-refractivity contribution is 5.96. The van der Waals surface area contributed by atoms with E-state index in [2.05, 4.69) is 4.98 Å². The van der Waals surface area contributed by atoms with Gasteiger partial charge in [0.1, 0.15) is 5.69 Å². The molecule has 8 nitrogen and oxygen atoms in total. The van der Waals surface area contributed by atoms with Crippen LogP contribution in [0, 0.1) is 0 Å². The number of amides is 2. The van der Waals surface area contributed by atoms with Crippen molar-refractivity contribution in [2.24, 2.45) is 0 Å². The molecule has 0 aromatic carbocycles. The van der Waals surface area contributed by atoms with E-state index in [9.17, 15) is 14.4 Å². The molecule has 0 radical (unpaired) electrons. The van der Waals surface area contributed by atoms with Crippen molar-refractivity contribution in [1.82, 2.24) is 14.8 Å². The fourth-order valence-electron chi connectivity index (χ4n) is 2.05. The fraction of sp³-hybridized carbons (Fsp3) is 0.429. The normalized spacial score (nSPS) is 14.5. The molecular formula is C14H17N3O5. The highest BCUT2D eigenvalue weighted by atomic mass is 16.5. The van der Waals surface area contributed by atoms with Gasteiger partial charge in [0.05, 0.1) is 25.3 Å². The van der Waals surface area contributed by atoms with E-state index in [1.165, 1.54) is 30.3 Å². The van der Waals surface area contributed by atoms with Crippen LogP contribution >= 0.6 is 0 Å². The maximum Gasteiger partial charge on any atom is 0.354 e. The zero-order chi connectivity index (χ0) is 16.1. The highest BCUT2D eigenvalue weighted by Gasteiger charge is 2.21. The van der Waals surface area contributed by atoms with Gasteiger partial charge in [-0.1, -0.05) is 0 Å². The lowest BCUT2D eigenvalue weighted by molar-refractivity contribution is -0.135. The van der Waals surface area contributed by atoms with E-state index in [1.54, 1.807) is 4.90 Å². The second-order valence-corrected chi connectivity index (χ2v) is 4.89. The molecule has 2 rings (SSSR count). The van der Waals surface area contributed by atoms with Gasteiger partial charge >= 0.3 is 5.97 Å². The number of hydrogen-bond donors (Lipinski definition) is 1. The summed E-state index contributed by atoms with van der Waals surface area (Å²) in [4.78, 5) is 41.6. The van der Waals surface area contributed by atoms with Crippen molar-refractivity contribution < 1.29 is 24.2 Å². The van der Waals surface area contributed by atoms with Crippen molar-refractivity contribution in [3.05, 3.63) is 29.6 Å². The zero-order valence-corrected chi connectivity index (χ0v) is 12.2. The van der Waals surface area contributed by atoms with Crippen LogP contribution in [0.2, 0.25) is 0 Å². The number of carbonyl (C=O) groups excluding carboxylic acids is 2. The van der Waals surface area contributed by atoms with E-state index >= 15 is 0 Å². The molecule has 1 aliphatic rings. The number of aromatic nitrogens is 1. The van der Waals surface area contributed by atoms with E-state index in [0.29, 0.717) is 26.3 Å². The molecule has 1 aromatic heterocycles. The van der Waals surface area contributed by atoms with Crippen LogP contribution in [-0.2, 0) is 9.53 Å². The number of likely N-dealkylation sites (N-methyl/N-ethyl adjacent to an activating group) is 1. The van der Waals surface area contributed by atoms with Crippen LogP contribution in [0.5, 0.6) is 0 Å². The second-order valence-electron chi connectivity index (χ2n) is 4.89. The molecular weight excluding hydrogens is 290 g/mol. The Balaban J connectivity index is 1.96. The molecule has 2 amide bonds. The van der Waals surface area contributed by atoms with Crippen molar-refractivity contribution in [3.8, 4) is 0 Å². The standard InChI is InChI=1S/C14H17N3O5/c1-16(9-12(18)17-4-6-22-7-5-17)13(19)10-2-3-11(14(20)21)15-8-10/h2-3,8H,4-7,9H2,1H3,(H,20,21). The van der Waals surface area contributed by atoms with Gasteiger partial charge in [-0.2, -0.15) is 0 Å². The number of hydrogen-bond acceptors (Lipinski definition) is 5. The summed E-state index contributed by atoms with van der Waals surface area (Å²) in [7, 11) is 1.52. The third kappa shape index (κ3) is 3.79. The average molecular weight is 307 g/mol. The first-order chi connectivity index (χ1) is 10.5. The Hall–Kier alpha value is -2.48. The smallest absolute Gasteiger partial charge is 0.354 e. The summed E-state index contributed by atoms with van der Waals surface area (Å²) >= 11 is 0. The summed E-state index contributed by atoms with van der Waals surface area (Å²) in [5, 5.41) is 8.77. The Morgan fingerprint density at radius 1 is 1.32 bits per heavy atom. The third-order valence-corrected chi connectivity index (χ3v) is 3.31. The first-order valence-electron chi connectivity index (χ1n) is 6.79. The minimum Gasteiger partial charge on any atom is -0.477 e. The van der Waals surface area contributed by atoms with E-state index in [1.807, 2.05) is 0 Å². The molecule has 118 valence electrons. The van der Waals surface area contributed by atoms with Crippen LogP contribution in [0.25, 0.3) is 0 Å². The molecule has 1 fully saturated rings. The summed E-state index contributed by atoms with van der Waals surface area (Å²) in [6, 6.07) is 2.64. The lowest BCUT2D eigenvalue weighted by Crippen LogP contribution is -2.46. The van der Waals surface area contributed by atoms with Crippen LogP contribution in [0.4, 0.5) is 0 Å². The van der Waals surface area contributed by atoms with Gasteiger partial charge in [0.15, 0.2) is 0 Å². The SMILES string of the molecule is CN(CC(=O)N1CCOCC1)C(=O)c1ccc(C(=O)O)nc1. The number of carboxylic acid groups (broad SMARTS) is 1. The molecule has 0 spiro atoms. The second kappa shape index (κ2) is 6.99. The van der Waals surface area contributed by atoms with Crippen LogP contribution < -0.4 is 0 Å². The number of nitrogens with zero attached hydrogens (tertiary/aromatic N) is 3. The van der Waals surface area contributed by atoms with Gasteiger partial charge in [0.25, 0.3) is 5.91 Å². The molecule has 0 bridgehead atoms. The lowest BCUT2D eigenvalue weighted by atomic mass is 10.2. The first-order valence-corrected chi connectivity index (χ1v) is 6.79. The molecule has 1 saturated heterocycles. The van der Waals surface area contributed by atoms with E-state index in [0.717, 1.165) is 0 Å². The number of rotatable bonds is 4. The first kappa shape index (κ1) is 15.9. The Labute approximate surface area is 127 Å². The topological polar surface area (TPSA) is 100 Å². The van der Waals surface area contributed by atoms with Crippen molar-refractivity contribution in [2.75, 3.05) is 39.9 Å². The summed E-state index contributed by atoms with van der Waals surface area (Å²) in [6.45, 7) is 2.01. The number of morpholine rings is 1. The molecule has 1 aromatic rings. The Bertz CT molecular complexity index is 566. The summed E-state index contributed by atoms with van der Waals surface area (Å²) in [5.41, 5.74) is 0.103. The van der Waals surface area contributed by atoms with E-state index < -0.39 is 5.97 Å². The Morgan fingerprint density at radius 2 is 2.00 bits per heavy atom. The number of carbonyl (C=O) groups is 3. The lowest BCUT2D eigenvalue weighted by Gasteiger charge is -2.28. The maximum absolute atomic E-state index is 12.2. The highest BCUT2D eigenvalue weighted by Crippen LogP contribution is 2.05. The van der Waals surface area contributed by atoms with Gasteiger partial charge < -0.3 is 19.6 Å². The molecule has 0 saturated carbocycles. The molecule has 8 heteroatoms. The van der Waals surface area contributed by atoms with Gasteiger partial charge in [-0.05, 0) is 12.1 Å². The van der Waals surface area contributed by atoms with Crippen molar-refractivity contribution in [1.29, 1.82) is 0 Å². The predicted octanol–water partition coefficient (Wildman–Crippen LogP) is -0.289. The van der Waals surface area contributed by atoms with Crippen molar-refractivity contribution in [3.63, 3.8) is 0 Å². The maximum atomic E-state index is 12.2. The molecule has 0 atom stereocenters. The van der Waals surface area contributed by atoms with Crippen LogP contribution in [0.3, 0.4) is 0 Å².